The lowest BCUT2D eigenvalue weighted by atomic mass is 10.1. The van der Waals surface area contributed by atoms with Gasteiger partial charge in [-0.3, -0.25) is 0 Å². The van der Waals surface area contributed by atoms with Crippen molar-refractivity contribution in [2.24, 2.45) is 10.9 Å². The van der Waals surface area contributed by atoms with Crippen LogP contribution in [-0.4, -0.2) is 32.4 Å². The lowest BCUT2D eigenvalue weighted by Gasteiger charge is -2.14. The van der Waals surface area contributed by atoms with Gasteiger partial charge >= 0.3 is 6.18 Å². The van der Waals surface area contributed by atoms with Gasteiger partial charge in [0.2, 0.25) is 0 Å². The highest BCUT2D eigenvalue weighted by atomic mass is 19.4. The molecule has 1 atom stereocenters. The van der Waals surface area contributed by atoms with Crippen LogP contribution in [0.15, 0.2) is 17.8 Å². The maximum absolute atomic E-state index is 11.9. The first kappa shape index (κ1) is 15.0. The van der Waals surface area contributed by atoms with Crippen molar-refractivity contribution in [2.45, 2.75) is 19.5 Å². The van der Waals surface area contributed by atoms with E-state index in [4.69, 9.17) is 4.74 Å². The molecule has 0 bridgehead atoms. The molecule has 0 saturated heterocycles. The molecule has 1 unspecified atom stereocenters. The summed E-state index contributed by atoms with van der Waals surface area (Å²) in [5, 5.41) is 0. The zero-order chi connectivity index (χ0) is 12.6. The highest BCUT2D eigenvalue weighted by molar-refractivity contribution is 5.76. The summed E-state index contributed by atoms with van der Waals surface area (Å²) in [7, 11) is 1.53. The van der Waals surface area contributed by atoms with Gasteiger partial charge in [-0.25, -0.2) is 4.99 Å². The molecule has 0 heterocycles. The summed E-state index contributed by atoms with van der Waals surface area (Å²) in [5.41, 5.74) is 0. The second-order valence-corrected chi connectivity index (χ2v) is 3.37. The van der Waals surface area contributed by atoms with E-state index in [1.54, 1.807) is 0 Å². The Morgan fingerprint density at radius 1 is 1.50 bits per heavy atom. The quantitative estimate of drug-likeness (QED) is 0.527. The molecule has 0 aliphatic carbocycles. The van der Waals surface area contributed by atoms with Crippen molar-refractivity contribution < 1.29 is 22.6 Å². The van der Waals surface area contributed by atoms with Crippen molar-refractivity contribution in [3.05, 3.63) is 12.8 Å². The molecule has 0 aliphatic rings. The summed E-state index contributed by atoms with van der Waals surface area (Å²) >= 11 is 0. The minimum absolute atomic E-state index is 0.0249. The van der Waals surface area contributed by atoms with Crippen LogP contribution in [0.1, 0.15) is 13.3 Å². The largest absolute Gasteiger partial charge is 0.471 e. The Bertz CT molecular complexity index is 239. The second kappa shape index (κ2) is 7.27. The van der Waals surface area contributed by atoms with Crippen molar-refractivity contribution in [1.82, 2.24) is 0 Å². The SMILES string of the molecule is C=CN=C(CC(C)COC)OCC(F)(F)F. The number of methoxy groups -OCH3 is 1. The maximum atomic E-state index is 11.9. The van der Waals surface area contributed by atoms with E-state index >= 15 is 0 Å². The smallest absolute Gasteiger partial charge is 0.422 e. The lowest BCUT2D eigenvalue weighted by Crippen LogP contribution is -2.22. The predicted molar refractivity (Wildman–Crippen MR) is 55.3 cm³/mol. The number of hydrogen-bond acceptors (Lipinski definition) is 3. The number of rotatable bonds is 6. The minimum atomic E-state index is -4.35. The van der Waals surface area contributed by atoms with Crippen LogP contribution in [0.3, 0.4) is 0 Å². The van der Waals surface area contributed by atoms with Crippen LogP contribution in [0.4, 0.5) is 13.2 Å². The van der Waals surface area contributed by atoms with E-state index in [1.807, 2.05) is 6.92 Å². The summed E-state index contributed by atoms with van der Waals surface area (Å²) in [5.74, 6) is 0.0637. The Balaban J connectivity index is 4.19. The number of ether oxygens (including phenoxy) is 2. The van der Waals surface area contributed by atoms with Gasteiger partial charge in [0.25, 0.3) is 0 Å². The van der Waals surface area contributed by atoms with Crippen molar-refractivity contribution >= 4 is 5.90 Å². The molecule has 16 heavy (non-hydrogen) atoms. The highest BCUT2D eigenvalue weighted by Gasteiger charge is 2.29. The number of halogens is 3. The first-order chi connectivity index (χ1) is 7.39. The third-order valence-corrected chi connectivity index (χ3v) is 1.61. The molecule has 0 aromatic rings. The Kier molecular flexibility index (Phi) is 6.80. The van der Waals surface area contributed by atoms with E-state index in [0.29, 0.717) is 6.61 Å². The Hall–Kier alpha value is -1.04. The van der Waals surface area contributed by atoms with E-state index < -0.39 is 12.8 Å². The molecule has 0 radical (unpaired) electrons. The predicted octanol–water partition coefficient (Wildman–Crippen LogP) is 2.78. The van der Waals surface area contributed by atoms with Crippen LogP contribution >= 0.6 is 0 Å². The van der Waals surface area contributed by atoms with Crippen LogP contribution < -0.4 is 0 Å². The van der Waals surface area contributed by atoms with Gasteiger partial charge in [-0.15, -0.1) is 0 Å². The van der Waals surface area contributed by atoms with Crippen LogP contribution in [0.25, 0.3) is 0 Å². The number of hydrogen-bond donors (Lipinski definition) is 0. The highest BCUT2D eigenvalue weighted by Crippen LogP contribution is 2.16. The molecule has 0 spiro atoms. The minimum Gasteiger partial charge on any atom is -0.471 e. The maximum Gasteiger partial charge on any atom is 0.422 e. The number of alkyl halides is 3. The molecule has 0 amide bonds. The van der Waals surface area contributed by atoms with Crippen LogP contribution in [0, 0.1) is 5.92 Å². The van der Waals surface area contributed by atoms with Crippen molar-refractivity contribution in [3.8, 4) is 0 Å². The zero-order valence-electron chi connectivity index (χ0n) is 9.38. The molecule has 0 aromatic heterocycles. The van der Waals surface area contributed by atoms with Crippen molar-refractivity contribution in [3.63, 3.8) is 0 Å². The number of nitrogens with zero attached hydrogens (tertiary/aromatic N) is 1. The fraction of sp³-hybridized carbons (Fsp3) is 0.700. The van der Waals surface area contributed by atoms with Crippen molar-refractivity contribution in [1.29, 1.82) is 0 Å². The van der Waals surface area contributed by atoms with Crippen molar-refractivity contribution in [2.75, 3.05) is 20.3 Å². The summed E-state index contributed by atoms with van der Waals surface area (Å²) in [6.07, 6.45) is -2.91. The van der Waals surface area contributed by atoms with Gasteiger partial charge in [0.15, 0.2) is 12.5 Å². The molecule has 3 nitrogen and oxygen atoms in total. The van der Waals surface area contributed by atoms with Gasteiger partial charge in [-0.05, 0) is 5.92 Å². The normalized spacial score (nSPS) is 14.7. The second-order valence-electron chi connectivity index (χ2n) is 3.37. The van der Waals surface area contributed by atoms with E-state index in [-0.39, 0.29) is 18.2 Å². The molecular formula is C10H16F3NO2. The Labute approximate surface area is 93.0 Å². The molecule has 0 aliphatic heterocycles. The van der Waals surface area contributed by atoms with Gasteiger partial charge in [0.1, 0.15) is 0 Å². The standard InChI is InChI=1S/C10H16F3NO2/c1-4-14-9(5-8(2)6-15-3)16-7-10(11,12)13/h4,8H,1,5-7H2,2-3H3. The Morgan fingerprint density at radius 2 is 2.12 bits per heavy atom. The fourth-order valence-corrected chi connectivity index (χ4v) is 1.06. The third kappa shape index (κ3) is 8.28. The molecule has 0 rings (SSSR count). The van der Waals surface area contributed by atoms with E-state index in [9.17, 15) is 13.2 Å². The summed E-state index contributed by atoms with van der Waals surface area (Å²) in [6.45, 7) is 4.25. The first-order valence-electron chi connectivity index (χ1n) is 4.75. The molecule has 0 N–H and O–H groups in total. The van der Waals surface area contributed by atoms with Crippen LogP contribution in [0.2, 0.25) is 0 Å². The van der Waals surface area contributed by atoms with E-state index in [1.165, 1.54) is 7.11 Å². The fourth-order valence-electron chi connectivity index (χ4n) is 1.06. The van der Waals surface area contributed by atoms with Gasteiger partial charge in [0.05, 0.1) is 0 Å². The van der Waals surface area contributed by atoms with Gasteiger partial charge in [-0.2, -0.15) is 13.2 Å². The van der Waals surface area contributed by atoms with Crippen LogP contribution in [0.5, 0.6) is 0 Å². The first-order valence-corrected chi connectivity index (χ1v) is 4.75. The van der Waals surface area contributed by atoms with E-state index in [2.05, 4.69) is 16.3 Å². The van der Waals surface area contributed by atoms with Gasteiger partial charge < -0.3 is 9.47 Å². The molecule has 94 valence electrons. The molecule has 0 aromatic carbocycles. The molecule has 0 fully saturated rings. The zero-order valence-corrected chi connectivity index (χ0v) is 9.38. The van der Waals surface area contributed by atoms with E-state index in [0.717, 1.165) is 6.20 Å². The summed E-state index contributed by atoms with van der Waals surface area (Å²) in [4.78, 5) is 3.65. The van der Waals surface area contributed by atoms with Crippen LogP contribution in [-0.2, 0) is 9.47 Å². The molecular weight excluding hydrogens is 223 g/mol. The average Bonchev–Trinajstić information content (AvgIpc) is 2.14. The Morgan fingerprint density at radius 3 is 2.56 bits per heavy atom. The lowest BCUT2D eigenvalue weighted by molar-refractivity contribution is -0.156. The summed E-state index contributed by atoms with van der Waals surface area (Å²) < 4.78 is 45.2. The summed E-state index contributed by atoms with van der Waals surface area (Å²) in [6, 6.07) is 0. The topological polar surface area (TPSA) is 30.8 Å². The number of aliphatic imine (C=N–C) groups is 1. The van der Waals surface area contributed by atoms with Gasteiger partial charge in [0, 0.05) is 26.3 Å². The molecule has 6 heteroatoms. The third-order valence-electron chi connectivity index (χ3n) is 1.61. The van der Waals surface area contributed by atoms with Gasteiger partial charge in [-0.1, -0.05) is 13.5 Å². The molecule has 0 saturated carbocycles. The monoisotopic (exact) mass is 239 g/mol. The average molecular weight is 239 g/mol.